The Labute approximate surface area is 112 Å². The van der Waals surface area contributed by atoms with Gasteiger partial charge in [0.2, 0.25) is 0 Å². The molecule has 106 valence electrons. The van der Waals surface area contributed by atoms with E-state index in [2.05, 4.69) is 25.9 Å². The first-order valence-corrected chi connectivity index (χ1v) is 7.41. The van der Waals surface area contributed by atoms with Gasteiger partial charge in [-0.1, -0.05) is 24.8 Å². The summed E-state index contributed by atoms with van der Waals surface area (Å²) in [4.78, 5) is 0. The number of allylic oxidation sites excluding steroid dienone is 1. The summed E-state index contributed by atoms with van der Waals surface area (Å²) in [6.07, 6.45) is 8.93. The van der Waals surface area contributed by atoms with E-state index < -0.39 is 0 Å². The van der Waals surface area contributed by atoms with E-state index in [1.807, 2.05) is 0 Å². The van der Waals surface area contributed by atoms with Gasteiger partial charge in [-0.25, -0.2) is 0 Å². The third kappa shape index (κ3) is 5.09. The van der Waals surface area contributed by atoms with Crippen LogP contribution in [0.15, 0.2) is 12.2 Å². The second-order valence-electron chi connectivity index (χ2n) is 5.59. The van der Waals surface area contributed by atoms with Crippen molar-refractivity contribution in [2.24, 2.45) is 11.8 Å². The number of nitrogens with two attached hydrogens (primary N) is 1. The topological polar surface area (TPSA) is 47.3 Å². The van der Waals surface area contributed by atoms with Gasteiger partial charge in [0.25, 0.3) is 0 Å². The molecule has 0 radical (unpaired) electrons. The molecule has 2 atom stereocenters. The molecule has 0 spiro atoms. The summed E-state index contributed by atoms with van der Waals surface area (Å²) in [7, 11) is 0. The number of rotatable bonds is 8. The van der Waals surface area contributed by atoms with Gasteiger partial charge in [-0.05, 0) is 45.4 Å². The molecular formula is C15H30N2O. The van der Waals surface area contributed by atoms with Crippen LogP contribution in [0.2, 0.25) is 0 Å². The average molecular weight is 254 g/mol. The largest absolute Gasteiger partial charge is 0.377 e. The van der Waals surface area contributed by atoms with Gasteiger partial charge in [-0.2, -0.15) is 0 Å². The lowest BCUT2D eigenvalue weighted by molar-refractivity contribution is -0.0193. The van der Waals surface area contributed by atoms with Crippen LogP contribution in [0, 0.1) is 5.92 Å². The molecule has 3 nitrogen and oxygen atoms in total. The highest BCUT2D eigenvalue weighted by Crippen LogP contribution is 2.30. The quantitative estimate of drug-likeness (QED) is 0.397. The Morgan fingerprint density at radius 3 is 2.56 bits per heavy atom. The van der Waals surface area contributed by atoms with Crippen molar-refractivity contribution in [1.82, 2.24) is 5.43 Å². The van der Waals surface area contributed by atoms with Gasteiger partial charge in [0, 0.05) is 12.6 Å². The molecule has 0 amide bonds. The van der Waals surface area contributed by atoms with Crippen molar-refractivity contribution in [2.75, 3.05) is 6.61 Å². The first kappa shape index (κ1) is 15.7. The SMILES string of the molecule is C=C(C)CCC(NN)C(OCC)C1CCCCC1. The molecule has 0 aromatic carbocycles. The number of hydrazine groups is 1. The molecule has 18 heavy (non-hydrogen) atoms. The van der Waals surface area contributed by atoms with Crippen LogP contribution in [0.5, 0.6) is 0 Å². The highest BCUT2D eigenvalue weighted by molar-refractivity contribution is 4.92. The van der Waals surface area contributed by atoms with Crippen LogP contribution in [-0.4, -0.2) is 18.8 Å². The van der Waals surface area contributed by atoms with Gasteiger partial charge in [-0.3, -0.25) is 11.3 Å². The minimum Gasteiger partial charge on any atom is -0.377 e. The number of hydrogen-bond acceptors (Lipinski definition) is 3. The molecule has 3 heteroatoms. The summed E-state index contributed by atoms with van der Waals surface area (Å²) in [5, 5.41) is 0. The summed E-state index contributed by atoms with van der Waals surface area (Å²) >= 11 is 0. The Kier molecular flexibility index (Phi) is 7.56. The van der Waals surface area contributed by atoms with Gasteiger partial charge in [0.05, 0.1) is 6.10 Å². The summed E-state index contributed by atoms with van der Waals surface area (Å²) < 4.78 is 5.99. The molecule has 0 aromatic heterocycles. The summed E-state index contributed by atoms with van der Waals surface area (Å²) in [5.74, 6) is 6.41. The molecule has 3 N–H and O–H groups in total. The fourth-order valence-corrected chi connectivity index (χ4v) is 2.98. The lowest BCUT2D eigenvalue weighted by Crippen LogP contribution is -2.49. The summed E-state index contributed by atoms with van der Waals surface area (Å²) in [6, 6.07) is 0.254. The zero-order valence-corrected chi connectivity index (χ0v) is 12.1. The molecule has 1 aliphatic carbocycles. The predicted molar refractivity (Wildman–Crippen MR) is 77.1 cm³/mol. The van der Waals surface area contributed by atoms with Crippen molar-refractivity contribution < 1.29 is 4.74 Å². The molecule has 0 aliphatic heterocycles. The smallest absolute Gasteiger partial charge is 0.0769 e. The van der Waals surface area contributed by atoms with E-state index in [-0.39, 0.29) is 12.1 Å². The van der Waals surface area contributed by atoms with Crippen LogP contribution in [0.4, 0.5) is 0 Å². The van der Waals surface area contributed by atoms with Gasteiger partial charge < -0.3 is 4.74 Å². The van der Waals surface area contributed by atoms with Gasteiger partial charge >= 0.3 is 0 Å². The minimum atomic E-state index is 0.254. The fraction of sp³-hybridized carbons (Fsp3) is 0.867. The Hall–Kier alpha value is -0.380. The zero-order chi connectivity index (χ0) is 13.4. The molecule has 0 bridgehead atoms. The monoisotopic (exact) mass is 254 g/mol. The van der Waals surface area contributed by atoms with Crippen LogP contribution >= 0.6 is 0 Å². The predicted octanol–water partition coefficient (Wildman–Crippen LogP) is 3.16. The Balaban J connectivity index is 2.57. The van der Waals surface area contributed by atoms with Crippen LogP contribution in [0.3, 0.4) is 0 Å². The molecule has 0 heterocycles. The first-order chi connectivity index (χ1) is 8.69. The fourth-order valence-electron chi connectivity index (χ4n) is 2.98. The van der Waals surface area contributed by atoms with Gasteiger partial charge in [0.15, 0.2) is 0 Å². The highest BCUT2D eigenvalue weighted by atomic mass is 16.5. The third-order valence-electron chi connectivity index (χ3n) is 3.97. The lowest BCUT2D eigenvalue weighted by atomic mass is 9.81. The maximum atomic E-state index is 5.99. The van der Waals surface area contributed by atoms with E-state index in [0.717, 1.165) is 19.4 Å². The number of nitrogens with one attached hydrogen (secondary N) is 1. The van der Waals surface area contributed by atoms with Crippen LogP contribution < -0.4 is 11.3 Å². The van der Waals surface area contributed by atoms with Crippen molar-refractivity contribution in [3.8, 4) is 0 Å². The molecule has 2 unspecified atom stereocenters. The number of hydrogen-bond donors (Lipinski definition) is 2. The van der Waals surface area contributed by atoms with Gasteiger partial charge in [0.1, 0.15) is 0 Å². The standard InChI is InChI=1S/C15H30N2O/c1-4-18-15(13-8-6-5-7-9-13)14(17-16)11-10-12(2)3/h13-15,17H,2,4-11,16H2,1,3H3. The molecule has 1 saturated carbocycles. The van der Waals surface area contributed by atoms with Crippen LogP contribution in [0.1, 0.15) is 58.8 Å². The summed E-state index contributed by atoms with van der Waals surface area (Å²) in [6.45, 7) is 8.88. The summed E-state index contributed by atoms with van der Waals surface area (Å²) in [5.41, 5.74) is 4.19. The van der Waals surface area contributed by atoms with E-state index in [1.165, 1.54) is 37.7 Å². The normalized spacial score (nSPS) is 20.6. The van der Waals surface area contributed by atoms with E-state index in [0.29, 0.717) is 5.92 Å². The van der Waals surface area contributed by atoms with Crippen molar-refractivity contribution in [1.29, 1.82) is 0 Å². The number of ether oxygens (including phenoxy) is 1. The Bertz CT molecular complexity index is 237. The second kappa shape index (κ2) is 8.68. The first-order valence-electron chi connectivity index (χ1n) is 7.41. The lowest BCUT2D eigenvalue weighted by Gasteiger charge is -2.35. The van der Waals surface area contributed by atoms with Crippen molar-refractivity contribution in [2.45, 2.75) is 70.9 Å². The Morgan fingerprint density at radius 2 is 2.06 bits per heavy atom. The average Bonchev–Trinajstić information content (AvgIpc) is 2.39. The molecular weight excluding hydrogens is 224 g/mol. The van der Waals surface area contributed by atoms with E-state index in [1.54, 1.807) is 0 Å². The van der Waals surface area contributed by atoms with Crippen molar-refractivity contribution in [3.63, 3.8) is 0 Å². The molecule has 0 saturated heterocycles. The second-order valence-corrected chi connectivity index (χ2v) is 5.59. The molecule has 1 rings (SSSR count). The zero-order valence-electron chi connectivity index (χ0n) is 12.1. The molecule has 1 aliphatic rings. The van der Waals surface area contributed by atoms with Crippen molar-refractivity contribution >= 4 is 0 Å². The van der Waals surface area contributed by atoms with Gasteiger partial charge in [-0.15, -0.1) is 6.58 Å². The Morgan fingerprint density at radius 1 is 1.39 bits per heavy atom. The third-order valence-corrected chi connectivity index (χ3v) is 3.97. The highest BCUT2D eigenvalue weighted by Gasteiger charge is 2.30. The maximum absolute atomic E-state index is 5.99. The molecule has 1 fully saturated rings. The minimum absolute atomic E-state index is 0.254. The molecule has 0 aromatic rings. The van der Waals surface area contributed by atoms with E-state index in [9.17, 15) is 0 Å². The van der Waals surface area contributed by atoms with E-state index in [4.69, 9.17) is 10.6 Å². The van der Waals surface area contributed by atoms with E-state index >= 15 is 0 Å². The maximum Gasteiger partial charge on any atom is 0.0769 e. The van der Waals surface area contributed by atoms with Crippen LogP contribution in [0.25, 0.3) is 0 Å². The van der Waals surface area contributed by atoms with Crippen molar-refractivity contribution in [3.05, 3.63) is 12.2 Å². The van der Waals surface area contributed by atoms with Crippen LogP contribution in [-0.2, 0) is 4.74 Å².